The van der Waals surface area contributed by atoms with Crippen molar-refractivity contribution in [1.82, 2.24) is 20.4 Å². The molecule has 0 aromatic carbocycles. The molecule has 2 aliphatic rings. The number of hydrogen-bond acceptors (Lipinski definition) is 4. The molecular weight excluding hydrogens is 314 g/mol. The van der Waals surface area contributed by atoms with Crippen molar-refractivity contribution in [2.75, 3.05) is 59.0 Å². The van der Waals surface area contributed by atoms with Crippen molar-refractivity contribution < 1.29 is 4.74 Å². The van der Waals surface area contributed by atoms with Gasteiger partial charge in [-0.2, -0.15) is 0 Å². The summed E-state index contributed by atoms with van der Waals surface area (Å²) in [6.07, 6.45) is 2.61. The third-order valence-electron chi connectivity index (χ3n) is 5.48. The van der Waals surface area contributed by atoms with Crippen LogP contribution >= 0.6 is 0 Å². The molecule has 2 rings (SSSR count). The monoisotopic (exact) mass is 353 g/mol. The van der Waals surface area contributed by atoms with E-state index in [1.165, 1.54) is 19.4 Å². The zero-order chi connectivity index (χ0) is 18.1. The molecule has 2 aliphatic heterocycles. The second-order valence-electron chi connectivity index (χ2n) is 7.48. The maximum Gasteiger partial charge on any atom is 0.191 e. The lowest BCUT2D eigenvalue weighted by Gasteiger charge is -2.36. The van der Waals surface area contributed by atoms with Crippen LogP contribution in [0.1, 0.15) is 40.5 Å². The lowest BCUT2D eigenvalue weighted by Crippen LogP contribution is -2.49. The van der Waals surface area contributed by atoms with E-state index in [4.69, 9.17) is 9.73 Å². The number of aliphatic imine (C=N–C) groups is 1. The quantitative estimate of drug-likeness (QED) is 0.510. The minimum absolute atomic E-state index is 0.484. The molecule has 0 saturated carbocycles. The summed E-state index contributed by atoms with van der Waals surface area (Å²) in [6.45, 7) is 17.8. The molecule has 0 aromatic heterocycles. The number of rotatable bonds is 8. The highest BCUT2D eigenvalue weighted by Crippen LogP contribution is 2.16. The summed E-state index contributed by atoms with van der Waals surface area (Å²) in [4.78, 5) is 10.0. The van der Waals surface area contributed by atoms with Gasteiger partial charge in [-0.05, 0) is 38.8 Å². The smallest absolute Gasteiger partial charge is 0.191 e. The Hall–Kier alpha value is -0.850. The van der Waals surface area contributed by atoms with E-state index >= 15 is 0 Å². The van der Waals surface area contributed by atoms with Crippen LogP contribution in [-0.4, -0.2) is 86.9 Å². The van der Waals surface area contributed by atoms with Crippen molar-refractivity contribution in [2.24, 2.45) is 10.9 Å². The zero-order valence-corrected chi connectivity index (χ0v) is 16.8. The van der Waals surface area contributed by atoms with Crippen LogP contribution in [0.5, 0.6) is 0 Å². The SMILES string of the molecule is CCNC(=NCC(C(C)C)N1CCOCC1)NCC1CCCN1CC. The first kappa shape index (κ1) is 20.5. The van der Waals surface area contributed by atoms with Gasteiger partial charge in [-0.3, -0.25) is 14.8 Å². The van der Waals surface area contributed by atoms with Gasteiger partial charge in [0.1, 0.15) is 0 Å². The molecule has 0 spiro atoms. The van der Waals surface area contributed by atoms with Gasteiger partial charge in [0.15, 0.2) is 5.96 Å². The minimum atomic E-state index is 0.484. The van der Waals surface area contributed by atoms with Gasteiger partial charge < -0.3 is 15.4 Å². The van der Waals surface area contributed by atoms with E-state index in [-0.39, 0.29) is 0 Å². The number of hydrogen-bond donors (Lipinski definition) is 2. The third-order valence-corrected chi connectivity index (χ3v) is 5.48. The second kappa shape index (κ2) is 11.0. The van der Waals surface area contributed by atoms with Crippen LogP contribution in [0.3, 0.4) is 0 Å². The maximum atomic E-state index is 5.50. The minimum Gasteiger partial charge on any atom is -0.379 e. The molecule has 2 fully saturated rings. The molecular formula is C19H39N5O. The van der Waals surface area contributed by atoms with Crippen molar-refractivity contribution in [1.29, 1.82) is 0 Å². The topological polar surface area (TPSA) is 52.1 Å². The lowest BCUT2D eigenvalue weighted by atomic mass is 10.0. The Morgan fingerprint density at radius 3 is 2.56 bits per heavy atom. The molecule has 2 saturated heterocycles. The molecule has 25 heavy (non-hydrogen) atoms. The molecule has 146 valence electrons. The summed E-state index contributed by atoms with van der Waals surface area (Å²) in [5, 5.41) is 6.99. The lowest BCUT2D eigenvalue weighted by molar-refractivity contribution is 0.00867. The molecule has 0 radical (unpaired) electrons. The first-order valence-corrected chi connectivity index (χ1v) is 10.2. The van der Waals surface area contributed by atoms with Crippen LogP contribution in [0, 0.1) is 5.92 Å². The van der Waals surface area contributed by atoms with Crippen LogP contribution in [0.25, 0.3) is 0 Å². The van der Waals surface area contributed by atoms with E-state index in [2.05, 4.69) is 48.1 Å². The first-order chi connectivity index (χ1) is 12.2. The molecule has 6 nitrogen and oxygen atoms in total. The second-order valence-corrected chi connectivity index (χ2v) is 7.48. The van der Waals surface area contributed by atoms with E-state index in [9.17, 15) is 0 Å². The number of likely N-dealkylation sites (N-methyl/N-ethyl adjacent to an activating group) is 1. The van der Waals surface area contributed by atoms with E-state index in [0.29, 0.717) is 18.0 Å². The van der Waals surface area contributed by atoms with Crippen LogP contribution in [-0.2, 0) is 4.74 Å². The van der Waals surface area contributed by atoms with E-state index in [1.54, 1.807) is 0 Å². The van der Waals surface area contributed by atoms with Crippen LogP contribution < -0.4 is 10.6 Å². The van der Waals surface area contributed by atoms with E-state index in [1.807, 2.05) is 0 Å². The van der Waals surface area contributed by atoms with Gasteiger partial charge >= 0.3 is 0 Å². The van der Waals surface area contributed by atoms with Crippen molar-refractivity contribution in [3.63, 3.8) is 0 Å². The van der Waals surface area contributed by atoms with Crippen molar-refractivity contribution in [3.8, 4) is 0 Å². The van der Waals surface area contributed by atoms with Gasteiger partial charge in [-0.15, -0.1) is 0 Å². The molecule has 0 aromatic rings. The van der Waals surface area contributed by atoms with Crippen LogP contribution in [0.15, 0.2) is 4.99 Å². The fourth-order valence-electron chi connectivity index (χ4n) is 3.94. The Labute approximate surface area is 154 Å². The summed E-state index contributed by atoms with van der Waals surface area (Å²) in [7, 11) is 0. The molecule has 0 bridgehead atoms. The molecule has 2 heterocycles. The molecule has 2 N–H and O–H groups in total. The van der Waals surface area contributed by atoms with Gasteiger partial charge in [0.2, 0.25) is 0 Å². The zero-order valence-electron chi connectivity index (χ0n) is 16.8. The predicted molar refractivity (Wildman–Crippen MR) is 105 cm³/mol. The number of nitrogens with one attached hydrogen (secondary N) is 2. The van der Waals surface area contributed by atoms with Crippen molar-refractivity contribution in [3.05, 3.63) is 0 Å². The van der Waals surface area contributed by atoms with Gasteiger partial charge in [0.25, 0.3) is 0 Å². The number of morpholine rings is 1. The Morgan fingerprint density at radius 2 is 1.92 bits per heavy atom. The fourth-order valence-corrected chi connectivity index (χ4v) is 3.94. The molecule has 0 amide bonds. The van der Waals surface area contributed by atoms with Crippen LogP contribution in [0.4, 0.5) is 0 Å². The highest BCUT2D eigenvalue weighted by Gasteiger charge is 2.25. The number of ether oxygens (including phenoxy) is 1. The van der Waals surface area contributed by atoms with Gasteiger partial charge in [0.05, 0.1) is 19.8 Å². The molecule has 2 atom stereocenters. The Bertz CT molecular complexity index is 395. The third kappa shape index (κ3) is 6.42. The van der Waals surface area contributed by atoms with Crippen molar-refractivity contribution >= 4 is 5.96 Å². The number of likely N-dealkylation sites (tertiary alicyclic amines) is 1. The fraction of sp³-hybridized carbons (Fsp3) is 0.947. The molecule has 6 heteroatoms. The first-order valence-electron chi connectivity index (χ1n) is 10.2. The van der Waals surface area contributed by atoms with Crippen LogP contribution in [0.2, 0.25) is 0 Å². The number of guanidine groups is 1. The summed E-state index contributed by atoms with van der Waals surface area (Å²) >= 11 is 0. The largest absolute Gasteiger partial charge is 0.379 e. The van der Waals surface area contributed by atoms with E-state index < -0.39 is 0 Å². The summed E-state index contributed by atoms with van der Waals surface area (Å²) in [6, 6.07) is 1.13. The van der Waals surface area contributed by atoms with Gasteiger partial charge in [-0.1, -0.05) is 20.8 Å². The summed E-state index contributed by atoms with van der Waals surface area (Å²) < 4.78 is 5.50. The van der Waals surface area contributed by atoms with E-state index in [0.717, 1.165) is 58.4 Å². The highest BCUT2D eigenvalue weighted by molar-refractivity contribution is 5.79. The average Bonchev–Trinajstić information content (AvgIpc) is 3.08. The van der Waals surface area contributed by atoms with Gasteiger partial charge in [-0.25, -0.2) is 0 Å². The summed E-state index contributed by atoms with van der Waals surface area (Å²) in [5.41, 5.74) is 0. The standard InChI is InChI=1S/C19H39N5O/c1-5-20-19(21-14-17-8-7-9-23(17)6-2)22-15-18(16(3)4)24-10-12-25-13-11-24/h16-18H,5-15H2,1-4H3,(H2,20,21,22). The Kier molecular flexibility index (Phi) is 8.99. The Morgan fingerprint density at radius 1 is 1.16 bits per heavy atom. The molecule has 0 aliphatic carbocycles. The number of nitrogens with zero attached hydrogens (tertiary/aromatic N) is 3. The average molecular weight is 354 g/mol. The summed E-state index contributed by atoms with van der Waals surface area (Å²) in [5.74, 6) is 1.56. The normalized spacial score (nSPS) is 24.7. The maximum absolute atomic E-state index is 5.50. The molecule has 2 unspecified atom stereocenters. The van der Waals surface area contributed by atoms with Gasteiger partial charge in [0, 0.05) is 38.3 Å². The van der Waals surface area contributed by atoms with Crippen molar-refractivity contribution in [2.45, 2.75) is 52.6 Å². The highest BCUT2D eigenvalue weighted by atomic mass is 16.5. The predicted octanol–water partition coefficient (Wildman–Crippen LogP) is 1.38. The Balaban J connectivity index is 1.89.